The predicted molar refractivity (Wildman–Crippen MR) is 100 cm³/mol. The van der Waals surface area contributed by atoms with E-state index < -0.39 is 21.7 Å². The summed E-state index contributed by atoms with van der Waals surface area (Å²) in [5.74, 6) is -1.58. The van der Waals surface area contributed by atoms with Crippen molar-refractivity contribution in [3.05, 3.63) is 67.8 Å². The molecule has 12 heteroatoms. The van der Waals surface area contributed by atoms with Crippen LogP contribution in [0.15, 0.2) is 36.4 Å². The zero-order chi connectivity index (χ0) is 20.8. The number of amides is 2. The van der Waals surface area contributed by atoms with E-state index in [-0.39, 0.29) is 47.0 Å². The summed E-state index contributed by atoms with van der Waals surface area (Å²) in [5.41, 5.74) is 9.90. The molecule has 0 saturated heterocycles. The van der Waals surface area contributed by atoms with Crippen LogP contribution in [0.3, 0.4) is 0 Å². The Morgan fingerprint density at radius 3 is 1.43 bits per heavy atom. The minimum absolute atomic E-state index is 0.000500. The second-order valence-corrected chi connectivity index (χ2v) is 5.56. The molecule has 146 valence electrons. The molecule has 0 aliphatic rings. The third-order valence-electron chi connectivity index (χ3n) is 3.71. The van der Waals surface area contributed by atoms with Crippen molar-refractivity contribution in [1.29, 1.82) is 0 Å². The fourth-order valence-electron chi connectivity index (χ4n) is 2.37. The number of carbonyl (C=O) groups is 2. The van der Waals surface area contributed by atoms with Gasteiger partial charge in [0.25, 0.3) is 11.4 Å². The molecule has 28 heavy (non-hydrogen) atoms. The lowest BCUT2D eigenvalue weighted by Gasteiger charge is -2.10. The zero-order valence-corrected chi connectivity index (χ0v) is 14.4. The molecule has 0 bridgehead atoms. The molecule has 0 heterocycles. The van der Waals surface area contributed by atoms with Crippen molar-refractivity contribution in [2.24, 2.45) is 11.5 Å². The first-order valence-corrected chi connectivity index (χ1v) is 7.85. The number of primary amides is 2. The summed E-state index contributed by atoms with van der Waals surface area (Å²) in [6.07, 6.45) is 0. The van der Waals surface area contributed by atoms with Crippen LogP contribution in [0.5, 0.6) is 0 Å². The highest BCUT2D eigenvalue weighted by Crippen LogP contribution is 2.27. The molecule has 0 saturated carbocycles. The minimum atomic E-state index is -0.789. The summed E-state index contributed by atoms with van der Waals surface area (Å²) in [5, 5.41) is 27.9. The SMILES string of the molecule is NC(=O)c1ccc(NCCNc2ccc(C(N)=O)cc2[N+](=O)[O-])c([N+](=O)[O-])c1. The molecule has 6 N–H and O–H groups in total. The smallest absolute Gasteiger partial charge is 0.293 e. The molecule has 0 aliphatic carbocycles. The Morgan fingerprint density at radius 2 is 1.14 bits per heavy atom. The summed E-state index contributed by atoms with van der Waals surface area (Å²) in [6, 6.07) is 7.51. The number of hydrogen-bond acceptors (Lipinski definition) is 8. The van der Waals surface area contributed by atoms with E-state index in [0.717, 1.165) is 12.1 Å². The predicted octanol–water partition coefficient (Wildman–Crippen LogP) is 1.22. The van der Waals surface area contributed by atoms with E-state index in [4.69, 9.17) is 11.5 Å². The molecular formula is C16H16N6O6. The summed E-state index contributed by atoms with van der Waals surface area (Å²) < 4.78 is 0. The number of nitrogens with zero attached hydrogens (tertiary/aromatic N) is 2. The van der Waals surface area contributed by atoms with Crippen LogP contribution in [0.25, 0.3) is 0 Å². The Balaban J connectivity index is 2.07. The maximum absolute atomic E-state index is 11.1. The van der Waals surface area contributed by atoms with Gasteiger partial charge < -0.3 is 22.1 Å². The average Bonchev–Trinajstić information content (AvgIpc) is 2.64. The number of nitrogens with one attached hydrogen (secondary N) is 2. The van der Waals surface area contributed by atoms with Crippen molar-refractivity contribution in [1.82, 2.24) is 0 Å². The first-order chi connectivity index (χ1) is 13.2. The highest BCUT2D eigenvalue weighted by Gasteiger charge is 2.18. The molecule has 12 nitrogen and oxygen atoms in total. The summed E-state index contributed by atoms with van der Waals surface area (Å²) in [6.45, 7) is 0.344. The van der Waals surface area contributed by atoms with E-state index in [1.807, 2.05) is 0 Å². The van der Waals surface area contributed by atoms with Gasteiger partial charge in [0.1, 0.15) is 11.4 Å². The normalized spacial score (nSPS) is 10.1. The molecule has 0 spiro atoms. The van der Waals surface area contributed by atoms with Gasteiger partial charge in [0.15, 0.2) is 0 Å². The summed E-state index contributed by atoms with van der Waals surface area (Å²) in [4.78, 5) is 43.3. The van der Waals surface area contributed by atoms with Crippen molar-refractivity contribution < 1.29 is 19.4 Å². The lowest BCUT2D eigenvalue weighted by atomic mass is 10.1. The van der Waals surface area contributed by atoms with Crippen LogP contribution in [0, 0.1) is 20.2 Å². The van der Waals surface area contributed by atoms with E-state index in [1.165, 1.54) is 24.3 Å². The van der Waals surface area contributed by atoms with E-state index in [1.54, 1.807) is 0 Å². The van der Waals surface area contributed by atoms with Gasteiger partial charge in [-0.05, 0) is 24.3 Å². The van der Waals surface area contributed by atoms with Crippen LogP contribution in [0.2, 0.25) is 0 Å². The van der Waals surface area contributed by atoms with E-state index >= 15 is 0 Å². The Kier molecular flexibility index (Phi) is 6.06. The van der Waals surface area contributed by atoms with Crippen molar-refractivity contribution in [2.45, 2.75) is 0 Å². The van der Waals surface area contributed by atoms with Crippen molar-refractivity contribution >= 4 is 34.6 Å². The van der Waals surface area contributed by atoms with Gasteiger partial charge in [-0.15, -0.1) is 0 Å². The molecule has 0 aromatic heterocycles. The fraction of sp³-hybridized carbons (Fsp3) is 0.125. The summed E-state index contributed by atoms with van der Waals surface area (Å²) in [7, 11) is 0. The zero-order valence-electron chi connectivity index (χ0n) is 14.4. The lowest BCUT2D eigenvalue weighted by Crippen LogP contribution is -2.16. The van der Waals surface area contributed by atoms with Crippen LogP contribution in [0.4, 0.5) is 22.7 Å². The molecule has 0 atom stereocenters. The van der Waals surface area contributed by atoms with Crippen LogP contribution < -0.4 is 22.1 Å². The number of nitrogens with two attached hydrogens (primary N) is 2. The second-order valence-electron chi connectivity index (χ2n) is 5.56. The second kappa shape index (κ2) is 8.44. The highest BCUT2D eigenvalue weighted by atomic mass is 16.6. The molecule has 0 aliphatic heterocycles. The van der Waals surface area contributed by atoms with Gasteiger partial charge in [-0.2, -0.15) is 0 Å². The molecule has 2 amide bonds. The lowest BCUT2D eigenvalue weighted by molar-refractivity contribution is -0.384. The van der Waals surface area contributed by atoms with Gasteiger partial charge in [0.2, 0.25) is 11.8 Å². The third kappa shape index (κ3) is 4.69. The maximum Gasteiger partial charge on any atom is 0.293 e. The molecule has 0 radical (unpaired) electrons. The van der Waals surface area contributed by atoms with Crippen molar-refractivity contribution in [2.75, 3.05) is 23.7 Å². The maximum atomic E-state index is 11.1. The van der Waals surface area contributed by atoms with E-state index in [0.29, 0.717) is 0 Å². The molecule has 0 unspecified atom stereocenters. The van der Waals surface area contributed by atoms with Crippen LogP contribution in [-0.4, -0.2) is 34.8 Å². The molecule has 2 aromatic rings. The number of rotatable bonds is 9. The number of nitro benzene ring substituents is 2. The number of benzene rings is 2. The quantitative estimate of drug-likeness (QED) is 0.279. The largest absolute Gasteiger partial charge is 0.378 e. The number of anilines is 2. The monoisotopic (exact) mass is 388 g/mol. The highest BCUT2D eigenvalue weighted by molar-refractivity contribution is 5.95. The number of nitro groups is 2. The Hall–Kier alpha value is -4.22. The van der Waals surface area contributed by atoms with Gasteiger partial charge >= 0.3 is 0 Å². The molecule has 2 aromatic carbocycles. The number of carbonyl (C=O) groups excluding carboxylic acids is 2. The Morgan fingerprint density at radius 1 is 0.786 bits per heavy atom. The van der Waals surface area contributed by atoms with Crippen LogP contribution in [0.1, 0.15) is 20.7 Å². The van der Waals surface area contributed by atoms with Gasteiger partial charge in [0, 0.05) is 36.3 Å². The molecule has 0 fully saturated rings. The van der Waals surface area contributed by atoms with Crippen molar-refractivity contribution in [3.63, 3.8) is 0 Å². The van der Waals surface area contributed by atoms with Crippen LogP contribution in [-0.2, 0) is 0 Å². The first kappa shape index (κ1) is 20.1. The molecular weight excluding hydrogens is 372 g/mol. The Bertz CT molecular complexity index is 883. The van der Waals surface area contributed by atoms with Crippen LogP contribution >= 0.6 is 0 Å². The third-order valence-corrected chi connectivity index (χ3v) is 3.71. The van der Waals surface area contributed by atoms with E-state index in [2.05, 4.69) is 10.6 Å². The van der Waals surface area contributed by atoms with E-state index in [9.17, 15) is 29.8 Å². The van der Waals surface area contributed by atoms with Gasteiger partial charge in [-0.25, -0.2) is 0 Å². The molecule has 2 rings (SSSR count). The van der Waals surface area contributed by atoms with Gasteiger partial charge in [-0.1, -0.05) is 0 Å². The minimum Gasteiger partial charge on any atom is -0.378 e. The first-order valence-electron chi connectivity index (χ1n) is 7.85. The fourth-order valence-corrected chi connectivity index (χ4v) is 2.37. The average molecular weight is 388 g/mol. The standard InChI is InChI=1S/C16H16N6O6/c17-15(23)9-1-3-11(13(7-9)21(25)26)19-5-6-20-12-4-2-10(16(18)24)8-14(12)22(27)28/h1-4,7-8,19-20H,5-6H2,(H2,17,23)(H2,18,24). The van der Waals surface area contributed by atoms with Crippen molar-refractivity contribution in [3.8, 4) is 0 Å². The van der Waals surface area contributed by atoms with Gasteiger partial charge in [-0.3, -0.25) is 29.8 Å². The summed E-state index contributed by atoms with van der Waals surface area (Å²) >= 11 is 0. The number of hydrogen-bond donors (Lipinski definition) is 4. The van der Waals surface area contributed by atoms with Gasteiger partial charge in [0.05, 0.1) is 9.85 Å². The topological polar surface area (TPSA) is 197 Å². The Labute approximate surface area is 157 Å².